The Bertz CT molecular complexity index is 601. The van der Waals surface area contributed by atoms with Gasteiger partial charge in [-0.25, -0.2) is 9.59 Å². The molecule has 0 spiro atoms. The average molecular weight is 262 g/mol. The molecule has 5 heteroatoms. The van der Waals surface area contributed by atoms with Crippen molar-refractivity contribution in [2.45, 2.75) is 0 Å². The van der Waals surface area contributed by atoms with Gasteiger partial charge >= 0.3 is 11.9 Å². The highest BCUT2D eigenvalue weighted by atomic mass is 32.1. The van der Waals surface area contributed by atoms with Crippen molar-refractivity contribution in [1.82, 2.24) is 0 Å². The van der Waals surface area contributed by atoms with Crippen LogP contribution < -0.4 is 0 Å². The summed E-state index contributed by atoms with van der Waals surface area (Å²) < 4.78 is 4.62. The Morgan fingerprint density at radius 3 is 2.67 bits per heavy atom. The highest BCUT2D eigenvalue weighted by molar-refractivity contribution is 7.12. The van der Waals surface area contributed by atoms with E-state index in [0.717, 1.165) is 11.1 Å². The molecule has 1 N–H and O–H groups in total. The first-order valence-electron chi connectivity index (χ1n) is 5.12. The highest BCUT2D eigenvalue weighted by Crippen LogP contribution is 2.26. The van der Waals surface area contributed by atoms with Crippen molar-refractivity contribution in [1.29, 1.82) is 0 Å². The molecule has 2 rings (SSSR count). The summed E-state index contributed by atoms with van der Waals surface area (Å²) in [5.74, 6) is -1.36. The molecule has 2 aromatic rings. The second-order valence-electron chi connectivity index (χ2n) is 3.58. The Morgan fingerprint density at radius 2 is 2.00 bits per heavy atom. The van der Waals surface area contributed by atoms with Gasteiger partial charge in [-0.3, -0.25) is 0 Å². The van der Waals surface area contributed by atoms with E-state index >= 15 is 0 Å². The van der Waals surface area contributed by atoms with Gasteiger partial charge in [-0.2, -0.15) is 0 Å². The Kier molecular flexibility index (Phi) is 3.43. The van der Waals surface area contributed by atoms with Crippen LogP contribution in [0.2, 0.25) is 0 Å². The van der Waals surface area contributed by atoms with Crippen LogP contribution in [-0.4, -0.2) is 24.2 Å². The molecule has 0 radical (unpaired) electrons. The van der Waals surface area contributed by atoms with Crippen molar-refractivity contribution in [2.24, 2.45) is 0 Å². The van der Waals surface area contributed by atoms with Crippen molar-refractivity contribution in [2.75, 3.05) is 7.11 Å². The number of benzene rings is 1. The Balaban J connectivity index is 2.37. The minimum Gasteiger partial charge on any atom is -0.478 e. The molecule has 0 saturated heterocycles. The number of methoxy groups -OCH3 is 1. The quantitative estimate of drug-likeness (QED) is 0.864. The lowest BCUT2D eigenvalue weighted by Crippen LogP contribution is -1.97. The fourth-order valence-electron chi connectivity index (χ4n) is 1.53. The molecule has 0 bridgehead atoms. The molecule has 1 aromatic heterocycles. The number of thiophene rings is 1. The number of ether oxygens (including phenoxy) is 1. The van der Waals surface area contributed by atoms with Crippen LogP contribution in [0.4, 0.5) is 0 Å². The van der Waals surface area contributed by atoms with Crippen molar-refractivity contribution in [3.05, 3.63) is 46.2 Å². The summed E-state index contributed by atoms with van der Waals surface area (Å²) in [6, 6.07) is 8.27. The fourth-order valence-corrected chi connectivity index (χ4v) is 2.36. The molecular weight excluding hydrogens is 252 g/mol. The summed E-state index contributed by atoms with van der Waals surface area (Å²) >= 11 is 1.27. The molecule has 0 fully saturated rings. The summed E-state index contributed by atoms with van der Waals surface area (Å²) in [6.07, 6.45) is 0. The molecule has 0 atom stereocenters. The summed E-state index contributed by atoms with van der Waals surface area (Å²) in [4.78, 5) is 22.7. The normalized spacial score (nSPS) is 10.1. The van der Waals surface area contributed by atoms with Gasteiger partial charge in [-0.05, 0) is 34.7 Å². The van der Waals surface area contributed by atoms with Crippen molar-refractivity contribution in [3.8, 4) is 11.1 Å². The standard InChI is InChI=1S/C13H10O4S/c1-17-13(16)11-6-10(7-18-11)8-3-2-4-9(5-8)12(14)15/h2-7H,1H3,(H,14,15). The van der Waals surface area contributed by atoms with Gasteiger partial charge in [0.1, 0.15) is 4.88 Å². The number of hydrogen-bond donors (Lipinski definition) is 1. The van der Waals surface area contributed by atoms with Gasteiger partial charge in [0.25, 0.3) is 0 Å². The topological polar surface area (TPSA) is 63.6 Å². The molecule has 0 unspecified atom stereocenters. The number of carbonyl (C=O) groups is 2. The predicted molar refractivity (Wildman–Crippen MR) is 68.1 cm³/mol. The van der Waals surface area contributed by atoms with E-state index in [0.29, 0.717) is 4.88 Å². The van der Waals surface area contributed by atoms with Crippen LogP contribution in [-0.2, 0) is 4.74 Å². The lowest BCUT2D eigenvalue weighted by Gasteiger charge is -1.99. The van der Waals surface area contributed by atoms with Crippen LogP contribution in [0.1, 0.15) is 20.0 Å². The van der Waals surface area contributed by atoms with Crippen LogP contribution in [0.15, 0.2) is 35.7 Å². The number of rotatable bonds is 3. The van der Waals surface area contributed by atoms with E-state index in [1.807, 2.05) is 0 Å². The zero-order valence-electron chi connectivity index (χ0n) is 9.54. The number of carboxylic acids is 1. The number of carbonyl (C=O) groups excluding carboxylic acids is 1. The smallest absolute Gasteiger partial charge is 0.348 e. The van der Waals surface area contributed by atoms with Gasteiger partial charge in [0.05, 0.1) is 12.7 Å². The summed E-state index contributed by atoms with van der Waals surface area (Å²) in [5, 5.41) is 10.7. The van der Waals surface area contributed by atoms with E-state index < -0.39 is 5.97 Å². The third-order valence-electron chi connectivity index (χ3n) is 2.43. The first-order chi connectivity index (χ1) is 8.61. The largest absolute Gasteiger partial charge is 0.478 e. The van der Waals surface area contributed by atoms with E-state index in [1.54, 1.807) is 29.6 Å². The maximum atomic E-state index is 11.3. The summed E-state index contributed by atoms with van der Waals surface area (Å²) in [5.41, 5.74) is 1.79. The molecule has 92 valence electrons. The van der Waals surface area contributed by atoms with Crippen molar-refractivity contribution >= 4 is 23.3 Å². The minimum absolute atomic E-state index is 0.221. The Hall–Kier alpha value is -2.14. The van der Waals surface area contributed by atoms with E-state index in [4.69, 9.17) is 5.11 Å². The zero-order valence-corrected chi connectivity index (χ0v) is 10.4. The van der Waals surface area contributed by atoms with Gasteiger partial charge in [0.15, 0.2) is 0 Å². The minimum atomic E-state index is -0.972. The molecule has 0 aliphatic rings. The highest BCUT2D eigenvalue weighted by Gasteiger charge is 2.11. The van der Waals surface area contributed by atoms with Gasteiger partial charge in [-0.15, -0.1) is 11.3 Å². The second-order valence-corrected chi connectivity index (χ2v) is 4.49. The van der Waals surface area contributed by atoms with Crippen molar-refractivity contribution in [3.63, 3.8) is 0 Å². The number of hydrogen-bond acceptors (Lipinski definition) is 4. The Morgan fingerprint density at radius 1 is 1.22 bits per heavy atom. The van der Waals surface area contributed by atoms with Gasteiger partial charge < -0.3 is 9.84 Å². The molecule has 0 amide bonds. The second kappa shape index (κ2) is 5.01. The lowest BCUT2D eigenvalue weighted by molar-refractivity contribution is 0.0605. The fraction of sp³-hybridized carbons (Fsp3) is 0.0769. The molecule has 0 aliphatic heterocycles. The van der Waals surface area contributed by atoms with Crippen LogP contribution in [0.25, 0.3) is 11.1 Å². The Labute approximate surface area is 107 Å². The molecular formula is C13H10O4S. The number of aromatic carboxylic acids is 1. The SMILES string of the molecule is COC(=O)c1cc(-c2cccc(C(=O)O)c2)cs1. The first-order valence-corrected chi connectivity index (χ1v) is 6.00. The lowest BCUT2D eigenvalue weighted by atomic mass is 10.1. The maximum Gasteiger partial charge on any atom is 0.348 e. The van der Waals surface area contributed by atoms with Crippen LogP contribution in [0.3, 0.4) is 0 Å². The van der Waals surface area contributed by atoms with Crippen LogP contribution in [0, 0.1) is 0 Å². The third-order valence-corrected chi connectivity index (χ3v) is 3.34. The molecule has 1 heterocycles. The van der Waals surface area contributed by atoms with E-state index in [-0.39, 0.29) is 11.5 Å². The van der Waals surface area contributed by atoms with E-state index in [1.165, 1.54) is 24.5 Å². The molecule has 18 heavy (non-hydrogen) atoms. The molecule has 4 nitrogen and oxygen atoms in total. The summed E-state index contributed by atoms with van der Waals surface area (Å²) in [6.45, 7) is 0. The average Bonchev–Trinajstić information content (AvgIpc) is 2.87. The van der Waals surface area contributed by atoms with E-state index in [9.17, 15) is 9.59 Å². The monoisotopic (exact) mass is 262 g/mol. The first kappa shape index (κ1) is 12.3. The van der Waals surface area contributed by atoms with Crippen LogP contribution in [0.5, 0.6) is 0 Å². The number of carboxylic acid groups (broad SMARTS) is 1. The van der Waals surface area contributed by atoms with Gasteiger partial charge in [-0.1, -0.05) is 12.1 Å². The van der Waals surface area contributed by atoms with Gasteiger partial charge in [0, 0.05) is 0 Å². The van der Waals surface area contributed by atoms with Crippen LogP contribution >= 0.6 is 11.3 Å². The maximum absolute atomic E-state index is 11.3. The zero-order chi connectivity index (χ0) is 13.1. The molecule has 1 aromatic carbocycles. The van der Waals surface area contributed by atoms with E-state index in [2.05, 4.69) is 4.74 Å². The van der Waals surface area contributed by atoms with Gasteiger partial charge in [0.2, 0.25) is 0 Å². The third kappa shape index (κ3) is 2.41. The number of esters is 1. The molecule has 0 saturated carbocycles. The predicted octanol–water partition coefficient (Wildman–Crippen LogP) is 2.90. The molecule has 0 aliphatic carbocycles. The van der Waals surface area contributed by atoms with Crippen molar-refractivity contribution < 1.29 is 19.4 Å². The summed E-state index contributed by atoms with van der Waals surface area (Å²) in [7, 11) is 1.33.